The number of ether oxygens (including phenoxy) is 1. The van der Waals surface area contributed by atoms with Gasteiger partial charge in [0.05, 0.1) is 24.3 Å². The van der Waals surface area contributed by atoms with Gasteiger partial charge in [0.15, 0.2) is 0 Å². The molecule has 1 amide bonds. The summed E-state index contributed by atoms with van der Waals surface area (Å²) >= 11 is 0. The number of amides is 1. The minimum Gasteiger partial charge on any atom is -0.490 e. The first-order chi connectivity index (χ1) is 17.4. The SMILES string of the molecule is CC(C)Oc1ccc(-c2nc(-c3ccc4c(c3)CCN(C(C)C(=O)NCCO)CC4)no2)cc1C#N.Cl. The summed E-state index contributed by atoms with van der Waals surface area (Å²) in [7, 11) is 0. The van der Waals surface area contributed by atoms with Crippen molar-refractivity contribution in [2.24, 2.45) is 0 Å². The molecule has 3 aromatic rings. The number of hydrogen-bond acceptors (Lipinski definition) is 8. The Morgan fingerprint density at radius 1 is 1.16 bits per heavy atom. The quantitative estimate of drug-likeness (QED) is 0.458. The molecule has 0 fully saturated rings. The van der Waals surface area contributed by atoms with Crippen LogP contribution in [0.4, 0.5) is 0 Å². The maximum atomic E-state index is 12.3. The largest absolute Gasteiger partial charge is 0.490 e. The van der Waals surface area contributed by atoms with E-state index in [-0.39, 0.29) is 43.6 Å². The zero-order valence-electron chi connectivity index (χ0n) is 21.2. The molecule has 0 bridgehead atoms. The Bertz CT molecular complexity index is 1270. The van der Waals surface area contributed by atoms with Gasteiger partial charge in [0, 0.05) is 30.8 Å². The summed E-state index contributed by atoms with van der Waals surface area (Å²) in [5.41, 5.74) is 4.36. The van der Waals surface area contributed by atoms with Crippen LogP contribution < -0.4 is 10.1 Å². The van der Waals surface area contributed by atoms with Crippen molar-refractivity contribution in [2.45, 2.75) is 45.8 Å². The number of nitrogens with one attached hydrogen (secondary N) is 1. The second-order valence-electron chi connectivity index (χ2n) is 9.12. The fourth-order valence-corrected chi connectivity index (χ4v) is 4.33. The number of aliphatic hydroxyl groups excluding tert-OH is 1. The first-order valence-corrected chi connectivity index (χ1v) is 12.2. The highest BCUT2D eigenvalue weighted by molar-refractivity contribution is 5.85. The normalized spacial score (nSPS) is 14.2. The van der Waals surface area contributed by atoms with E-state index in [4.69, 9.17) is 14.4 Å². The fraction of sp³-hybridized carbons (Fsp3) is 0.407. The van der Waals surface area contributed by atoms with Crippen LogP contribution in [0.15, 0.2) is 40.9 Å². The summed E-state index contributed by atoms with van der Waals surface area (Å²) in [5, 5.41) is 25.4. The van der Waals surface area contributed by atoms with Gasteiger partial charge in [0.2, 0.25) is 11.7 Å². The molecule has 0 radical (unpaired) electrons. The highest BCUT2D eigenvalue weighted by atomic mass is 35.5. The molecule has 0 saturated carbocycles. The molecule has 10 heteroatoms. The number of aromatic nitrogens is 2. The first-order valence-electron chi connectivity index (χ1n) is 12.2. The molecule has 2 N–H and O–H groups in total. The summed E-state index contributed by atoms with van der Waals surface area (Å²) < 4.78 is 11.2. The Hall–Kier alpha value is -3.45. The topological polar surface area (TPSA) is 125 Å². The molecule has 0 aliphatic carbocycles. The molecule has 1 aromatic heterocycles. The van der Waals surface area contributed by atoms with Crippen molar-refractivity contribution in [3.8, 4) is 34.7 Å². The van der Waals surface area contributed by atoms with Crippen LogP contribution in [0.3, 0.4) is 0 Å². The van der Waals surface area contributed by atoms with E-state index < -0.39 is 0 Å². The number of carbonyl (C=O) groups is 1. The van der Waals surface area contributed by atoms with Crippen LogP contribution in [0, 0.1) is 11.3 Å². The second-order valence-corrected chi connectivity index (χ2v) is 9.12. The summed E-state index contributed by atoms with van der Waals surface area (Å²) in [6.45, 7) is 7.45. The van der Waals surface area contributed by atoms with Gasteiger partial charge in [-0.3, -0.25) is 9.69 Å². The van der Waals surface area contributed by atoms with E-state index in [0.29, 0.717) is 28.6 Å². The zero-order valence-corrected chi connectivity index (χ0v) is 22.0. The lowest BCUT2D eigenvalue weighted by Crippen LogP contribution is -2.46. The van der Waals surface area contributed by atoms with E-state index in [2.05, 4.69) is 38.6 Å². The summed E-state index contributed by atoms with van der Waals surface area (Å²) in [4.78, 5) is 19.1. The Balaban J connectivity index is 0.00000380. The maximum Gasteiger partial charge on any atom is 0.258 e. The first kappa shape index (κ1) is 28.1. The lowest BCUT2D eigenvalue weighted by atomic mass is 10.00. The van der Waals surface area contributed by atoms with Crippen LogP contribution in [0.2, 0.25) is 0 Å². The van der Waals surface area contributed by atoms with Gasteiger partial charge in [0.25, 0.3) is 5.89 Å². The van der Waals surface area contributed by atoms with E-state index in [1.54, 1.807) is 18.2 Å². The van der Waals surface area contributed by atoms with Gasteiger partial charge in [-0.1, -0.05) is 17.3 Å². The second kappa shape index (κ2) is 12.7. The van der Waals surface area contributed by atoms with Crippen molar-refractivity contribution >= 4 is 18.3 Å². The van der Waals surface area contributed by atoms with E-state index in [9.17, 15) is 10.1 Å². The van der Waals surface area contributed by atoms with Crippen molar-refractivity contribution in [3.63, 3.8) is 0 Å². The third kappa shape index (κ3) is 6.66. The number of fused-ring (bicyclic) bond motifs is 1. The molecule has 1 unspecified atom stereocenters. The molecule has 0 spiro atoms. The smallest absolute Gasteiger partial charge is 0.258 e. The van der Waals surface area contributed by atoms with Crippen molar-refractivity contribution < 1.29 is 19.2 Å². The lowest BCUT2D eigenvalue weighted by molar-refractivity contribution is -0.126. The Labute approximate surface area is 222 Å². The average Bonchev–Trinajstić information content (AvgIpc) is 3.28. The van der Waals surface area contributed by atoms with Gasteiger partial charge in [-0.15, -0.1) is 12.4 Å². The predicted molar refractivity (Wildman–Crippen MR) is 141 cm³/mol. The van der Waals surface area contributed by atoms with Crippen molar-refractivity contribution in [2.75, 3.05) is 26.2 Å². The molecule has 1 aliphatic heterocycles. The molecule has 1 atom stereocenters. The van der Waals surface area contributed by atoms with E-state index in [0.717, 1.165) is 31.5 Å². The Morgan fingerprint density at radius 3 is 2.59 bits per heavy atom. The molecule has 37 heavy (non-hydrogen) atoms. The number of benzene rings is 2. The third-order valence-electron chi connectivity index (χ3n) is 6.28. The van der Waals surface area contributed by atoms with Crippen LogP contribution in [-0.2, 0) is 17.6 Å². The number of halogens is 1. The zero-order chi connectivity index (χ0) is 25.7. The Kier molecular flexibility index (Phi) is 9.64. The average molecular weight is 526 g/mol. The molecule has 196 valence electrons. The highest BCUT2D eigenvalue weighted by Crippen LogP contribution is 2.29. The summed E-state index contributed by atoms with van der Waals surface area (Å²) in [6, 6.07) is 13.3. The number of hydrogen-bond donors (Lipinski definition) is 2. The Morgan fingerprint density at radius 2 is 1.89 bits per heavy atom. The van der Waals surface area contributed by atoms with Crippen LogP contribution >= 0.6 is 12.4 Å². The molecular formula is C27H32ClN5O4. The minimum absolute atomic E-state index is 0. The van der Waals surface area contributed by atoms with Gasteiger partial charge in [-0.2, -0.15) is 10.2 Å². The number of aliphatic hydroxyl groups is 1. The van der Waals surface area contributed by atoms with Crippen LogP contribution in [0.1, 0.15) is 37.5 Å². The monoisotopic (exact) mass is 525 g/mol. The van der Waals surface area contributed by atoms with Crippen molar-refractivity contribution in [1.29, 1.82) is 5.26 Å². The summed E-state index contributed by atoms with van der Waals surface area (Å²) in [6.07, 6.45) is 1.60. The molecule has 4 rings (SSSR count). The molecule has 9 nitrogen and oxygen atoms in total. The van der Waals surface area contributed by atoms with Crippen LogP contribution in [0.5, 0.6) is 5.75 Å². The lowest BCUT2D eigenvalue weighted by Gasteiger charge is -2.26. The minimum atomic E-state index is -0.263. The number of rotatable bonds is 8. The maximum absolute atomic E-state index is 12.3. The highest BCUT2D eigenvalue weighted by Gasteiger charge is 2.24. The fourth-order valence-electron chi connectivity index (χ4n) is 4.33. The molecule has 2 aromatic carbocycles. The summed E-state index contributed by atoms with van der Waals surface area (Å²) in [5.74, 6) is 1.27. The molecule has 0 saturated heterocycles. The number of nitrogens with zero attached hydrogens (tertiary/aromatic N) is 4. The van der Waals surface area contributed by atoms with E-state index >= 15 is 0 Å². The molecular weight excluding hydrogens is 494 g/mol. The number of carbonyl (C=O) groups excluding carboxylic acids is 1. The van der Waals surface area contributed by atoms with Gasteiger partial charge in [0.1, 0.15) is 11.8 Å². The number of nitriles is 1. The van der Waals surface area contributed by atoms with Gasteiger partial charge < -0.3 is 19.7 Å². The molecule has 1 aliphatic rings. The van der Waals surface area contributed by atoms with Crippen LogP contribution in [-0.4, -0.2) is 64.4 Å². The van der Waals surface area contributed by atoms with Crippen LogP contribution in [0.25, 0.3) is 22.8 Å². The predicted octanol–water partition coefficient (Wildman–Crippen LogP) is 3.38. The van der Waals surface area contributed by atoms with Gasteiger partial charge >= 0.3 is 0 Å². The van der Waals surface area contributed by atoms with E-state index in [1.807, 2.05) is 26.8 Å². The van der Waals surface area contributed by atoms with E-state index in [1.165, 1.54) is 11.1 Å². The molecule has 2 heterocycles. The van der Waals surface area contributed by atoms with Gasteiger partial charge in [-0.25, -0.2) is 0 Å². The van der Waals surface area contributed by atoms with Crippen molar-refractivity contribution in [1.82, 2.24) is 20.4 Å². The third-order valence-corrected chi connectivity index (χ3v) is 6.28. The van der Waals surface area contributed by atoms with Gasteiger partial charge in [-0.05, 0) is 69.0 Å². The van der Waals surface area contributed by atoms with Crippen molar-refractivity contribution in [3.05, 3.63) is 53.1 Å². The standard InChI is InChI=1S/C27H31N5O4.ClH/c1-17(2)35-24-7-6-22(15-23(24)16-28)27-30-25(31-36-27)21-5-4-19-8-11-32(12-9-20(19)14-21)18(3)26(34)29-10-13-33;/h4-7,14-15,17-18,33H,8-13H2,1-3H3,(H,29,34);1H.